The Morgan fingerprint density at radius 2 is 1.74 bits per heavy atom. The molecule has 0 saturated carbocycles. The van der Waals surface area contributed by atoms with Crippen LogP contribution >= 0.6 is 0 Å². The average molecular weight is 259 g/mol. The fourth-order valence-electron chi connectivity index (χ4n) is 1.82. The first kappa shape index (κ1) is 13.5. The molecule has 19 heavy (non-hydrogen) atoms. The van der Waals surface area contributed by atoms with E-state index in [2.05, 4.69) is 12.2 Å². The van der Waals surface area contributed by atoms with E-state index in [0.717, 1.165) is 29.4 Å². The lowest BCUT2D eigenvalue weighted by Gasteiger charge is -2.10. The highest BCUT2D eigenvalue weighted by atomic mass is 16.5. The van der Waals surface area contributed by atoms with Gasteiger partial charge in [0.05, 0.1) is 12.6 Å². The van der Waals surface area contributed by atoms with Gasteiger partial charge in [0.25, 0.3) is 0 Å². The van der Waals surface area contributed by atoms with Gasteiger partial charge >= 0.3 is 0 Å². The monoisotopic (exact) mass is 259 g/mol. The summed E-state index contributed by atoms with van der Waals surface area (Å²) in [5.74, 6) is 2.88. The zero-order valence-corrected chi connectivity index (χ0v) is 11.8. The number of furan rings is 1. The minimum Gasteiger partial charge on any atom is -0.491 e. The normalized spacial score (nSPS) is 10.7. The molecule has 2 rings (SSSR count). The third-order valence-electron chi connectivity index (χ3n) is 2.76. The van der Waals surface area contributed by atoms with Crippen molar-refractivity contribution in [3.05, 3.63) is 47.9 Å². The van der Waals surface area contributed by atoms with Crippen molar-refractivity contribution in [3.63, 3.8) is 0 Å². The predicted molar refractivity (Wildman–Crippen MR) is 77.6 cm³/mol. The van der Waals surface area contributed by atoms with Crippen molar-refractivity contribution < 1.29 is 9.15 Å². The SMILES string of the molecule is CCc1ccc(CNc2ccc(OC(C)C)cc2)o1. The Morgan fingerprint density at radius 1 is 1.05 bits per heavy atom. The van der Waals surface area contributed by atoms with Crippen molar-refractivity contribution in [1.82, 2.24) is 0 Å². The molecular weight excluding hydrogens is 238 g/mol. The van der Waals surface area contributed by atoms with Crippen LogP contribution in [0, 0.1) is 0 Å². The molecule has 1 N–H and O–H groups in total. The standard InChI is InChI=1S/C16H21NO2/c1-4-14-9-10-16(19-14)11-17-13-5-7-15(8-6-13)18-12(2)3/h5-10,12,17H,4,11H2,1-3H3. The van der Waals surface area contributed by atoms with Gasteiger partial charge in [-0.3, -0.25) is 0 Å². The Labute approximate surface area is 114 Å². The van der Waals surface area contributed by atoms with Crippen molar-refractivity contribution in [2.75, 3.05) is 5.32 Å². The number of hydrogen-bond acceptors (Lipinski definition) is 3. The molecule has 0 atom stereocenters. The van der Waals surface area contributed by atoms with Crippen molar-refractivity contribution in [2.24, 2.45) is 0 Å². The number of nitrogens with one attached hydrogen (secondary N) is 1. The highest BCUT2D eigenvalue weighted by Crippen LogP contribution is 2.18. The van der Waals surface area contributed by atoms with E-state index in [0.29, 0.717) is 6.54 Å². The number of rotatable bonds is 6. The second-order valence-corrected chi connectivity index (χ2v) is 4.77. The summed E-state index contributed by atoms with van der Waals surface area (Å²) in [5.41, 5.74) is 1.06. The fourth-order valence-corrected chi connectivity index (χ4v) is 1.82. The molecule has 0 aliphatic heterocycles. The summed E-state index contributed by atoms with van der Waals surface area (Å²) in [7, 11) is 0. The van der Waals surface area contributed by atoms with Crippen molar-refractivity contribution in [2.45, 2.75) is 39.8 Å². The smallest absolute Gasteiger partial charge is 0.123 e. The van der Waals surface area contributed by atoms with Gasteiger partial charge in [-0.1, -0.05) is 6.92 Å². The van der Waals surface area contributed by atoms with E-state index < -0.39 is 0 Å². The zero-order chi connectivity index (χ0) is 13.7. The van der Waals surface area contributed by atoms with Crippen LogP contribution in [0.15, 0.2) is 40.8 Å². The molecule has 102 valence electrons. The second-order valence-electron chi connectivity index (χ2n) is 4.77. The molecule has 0 saturated heterocycles. The van der Waals surface area contributed by atoms with Gasteiger partial charge in [-0.2, -0.15) is 0 Å². The minimum absolute atomic E-state index is 0.203. The molecule has 0 aliphatic carbocycles. The summed E-state index contributed by atoms with van der Waals surface area (Å²) in [6.45, 7) is 6.83. The number of ether oxygens (including phenoxy) is 1. The quantitative estimate of drug-likeness (QED) is 0.842. The topological polar surface area (TPSA) is 34.4 Å². The molecule has 0 unspecified atom stereocenters. The van der Waals surface area contributed by atoms with Gasteiger partial charge < -0.3 is 14.5 Å². The molecule has 1 heterocycles. The van der Waals surface area contributed by atoms with E-state index in [9.17, 15) is 0 Å². The molecule has 3 heteroatoms. The van der Waals surface area contributed by atoms with Crippen LogP contribution in [-0.4, -0.2) is 6.10 Å². The first-order chi connectivity index (χ1) is 9.17. The third-order valence-corrected chi connectivity index (χ3v) is 2.76. The summed E-state index contributed by atoms with van der Waals surface area (Å²) in [4.78, 5) is 0. The maximum absolute atomic E-state index is 5.64. The third kappa shape index (κ3) is 4.05. The van der Waals surface area contributed by atoms with Gasteiger partial charge in [0.2, 0.25) is 0 Å². The van der Waals surface area contributed by atoms with Crippen molar-refractivity contribution in [1.29, 1.82) is 0 Å². The number of aryl methyl sites for hydroxylation is 1. The minimum atomic E-state index is 0.203. The summed E-state index contributed by atoms with van der Waals surface area (Å²) >= 11 is 0. The first-order valence-corrected chi connectivity index (χ1v) is 6.75. The van der Waals surface area contributed by atoms with Gasteiger partial charge in [-0.05, 0) is 50.2 Å². The van der Waals surface area contributed by atoms with Gasteiger partial charge in [0, 0.05) is 12.1 Å². The van der Waals surface area contributed by atoms with Crippen LogP contribution < -0.4 is 10.1 Å². The summed E-state index contributed by atoms with van der Waals surface area (Å²) < 4.78 is 11.2. The van der Waals surface area contributed by atoms with Crippen molar-refractivity contribution in [3.8, 4) is 5.75 Å². The predicted octanol–water partition coefficient (Wildman–Crippen LogP) is 4.24. The van der Waals surface area contributed by atoms with E-state index >= 15 is 0 Å². The molecule has 0 radical (unpaired) electrons. The van der Waals surface area contributed by atoms with Crippen LogP contribution in [0.1, 0.15) is 32.3 Å². The van der Waals surface area contributed by atoms with Gasteiger partial charge in [0.1, 0.15) is 17.3 Å². The lowest BCUT2D eigenvalue weighted by Crippen LogP contribution is -2.05. The van der Waals surface area contributed by atoms with Crippen LogP contribution in [0.4, 0.5) is 5.69 Å². The van der Waals surface area contributed by atoms with E-state index in [-0.39, 0.29) is 6.10 Å². The van der Waals surface area contributed by atoms with E-state index in [1.165, 1.54) is 0 Å². The number of anilines is 1. The second kappa shape index (κ2) is 6.32. The molecular formula is C16H21NO2. The number of hydrogen-bond donors (Lipinski definition) is 1. The van der Waals surface area contributed by atoms with Crippen LogP contribution in [0.25, 0.3) is 0 Å². The largest absolute Gasteiger partial charge is 0.491 e. The molecule has 2 aromatic rings. The van der Waals surface area contributed by atoms with Gasteiger partial charge in [-0.25, -0.2) is 0 Å². The highest BCUT2D eigenvalue weighted by molar-refractivity contribution is 5.46. The molecule has 0 fully saturated rings. The molecule has 0 spiro atoms. The molecule has 0 aliphatic rings. The van der Waals surface area contributed by atoms with Crippen LogP contribution in [-0.2, 0) is 13.0 Å². The van der Waals surface area contributed by atoms with E-state index in [1.807, 2.05) is 50.2 Å². The Kier molecular flexibility index (Phi) is 4.50. The molecule has 1 aromatic heterocycles. The van der Waals surface area contributed by atoms with Crippen LogP contribution in [0.3, 0.4) is 0 Å². The molecule has 0 amide bonds. The maximum atomic E-state index is 5.64. The average Bonchev–Trinajstić information content (AvgIpc) is 2.85. The first-order valence-electron chi connectivity index (χ1n) is 6.75. The molecule has 3 nitrogen and oxygen atoms in total. The Hall–Kier alpha value is -1.90. The van der Waals surface area contributed by atoms with E-state index in [4.69, 9.17) is 9.15 Å². The summed E-state index contributed by atoms with van der Waals surface area (Å²) in [5, 5.41) is 3.33. The van der Waals surface area contributed by atoms with Crippen molar-refractivity contribution >= 4 is 5.69 Å². The maximum Gasteiger partial charge on any atom is 0.123 e. The lowest BCUT2D eigenvalue weighted by molar-refractivity contribution is 0.242. The fraction of sp³-hybridized carbons (Fsp3) is 0.375. The highest BCUT2D eigenvalue weighted by Gasteiger charge is 2.01. The van der Waals surface area contributed by atoms with E-state index in [1.54, 1.807) is 0 Å². The number of benzene rings is 1. The Balaban J connectivity index is 1.89. The molecule has 0 bridgehead atoms. The van der Waals surface area contributed by atoms with Gasteiger partial charge in [-0.15, -0.1) is 0 Å². The summed E-state index contributed by atoms with van der Waals surface area (Å²) in [6.07, 6.45) is 1.13. The molecule has 1 aromatic carbocycles. The summed E-state index contributed by atoms with van der Waals surface area (Å²) in [6, 6.07) is 12.0. The van der Waals surface area contributed by atoms with Crippen LogP contribution in [0.5, 0.6) is 5.75 Å². The zero-order valence-electron chi connectivity index (χ0n) is 11.8. The van der Waals surface area contributed by atoms with Crippen LogP contribution in [0.2, 0.25) is 0 Å². The Bertz CT molecular complexity index is 500. The van der Waals surface area contributed by atoms with Gasteiger partial charge in [0.15, 0.2) is 0 Å². The lowest BCUT2D eigenvalue weighted by atomic mass is 10.3. The Morgan fingerprint density at radius 3 is 2.32 bits per heavy atom.